The van der Waals surface area contributed by atoms with Gasteiger partial charge in [-0.2, -0.15) is 0 Å². The molecule has 0 aromatic heterocycles. The molecule has 44 heavy (non-hydrogen) atoms. The number of rotatable bonds is 4. The summed E-state index contributed by atoms with van der Waals surface area (Å²) in [4.78, 5) is 47.8. The first kappa shape index (κ1) is 37.1. The van der Waals surface area contributed by atoms with Gasteiger partial charge >= 0.3 is 46.9 Å². The average Bonchev–Trinajstić information content (AvgIpc) is 3.76. The molecule has 2 aromatic carbocycles. The van der Waals surface area contributed by atoms with Crippen LogP contribution in [0.4, 0.5) is 0 Å². The third kappa shape index (κ3) is 10.5. The number of aromatic hydroxyl groups is 2. The molecule has 10 nitrogen and oxygen atoms in total. The second-order valence-corrected chi connectivity index (χ2v) is 11.4. The maximum absolute atomic E-state index is 12.3. The largest absolute Gasteiger partial charge is 2.00 e. The van der Waals surface area contributed by atoms with E-state index in [9.17, 15) is 29.4 Å². The van der Waals surface area contributed by atoms with Crippen LogP contribution in [0.25, 0.3) is 6.08 Å². The minimum absolute atomic E-state index is 0. The van der Waals surface area contributed by atoms with E-state index in [-0.39, 0.29) is 68.9 Å². The Kier molecular flexibility index (Phi) is 12.9. The van der Waals surface area contributed by atoms with E-state index in [1.165, 1.54) is 44.9 Å². The van der Waals surface area contributed by atoms with E-state index in [0.717, 1.165) is 18.4 Å². The van der Waals surface area contributed by atoms with Crippen molar-refractivity contribution in [3.05, 3.63) is 71.7 Å². The first-order valence-corrected chi connectivity index (χ1v) is 13.8. The number of carbonyl (C=O) groups excluding carboxylic acids is 4. The zero-order valence-electron chi connectivity index (χ0n) is 25.1. The van der Waals surface area contributed by atoms with Crippen molar-refractivity contribution in [3.63, 3.8) is 0 Å². The van der Waals surface area contributed by atoms with Crippen LogP contribution in [0, 0.1) is 18.3 Å². The van der Waals surface area contributed by atoms with Crippen LogP contribution >= 0.6 is 0 Å². The van der Waals surface area contributed by atoms with Crippen molar-refractivity contribution in [2.24, 2.45) is 11.8 Å². The molecule has 4 aliphatic rings. The normalized spacial score (nSPS) is 20.1. The second-order valence-electron chi connectivity index (χ2n) is 11.4. The molecule has 6 rings (SSSR count). The van der Waals surface area contributed by atoms with Crippen molar-refractivity contribution < 1.29 is 65.3 Å². The molecule has 2 aliphatic carbocycles. The first-order chi connectivity index (χ1) is 19.7. The molecule has 232 valence electrons. The van der Waals surface area contributed by atoms with Crippen molar-refractivity contribution in [1.29, 1.82) is 0 Å². The zero-order valence-corrected chi connectivity index (χ0v) is 28.1. The van der Waals surface area contributed by atoms with Crippen LogP contribution in [0.1, 0.15) is 70.4 Å². The maximum Gasteiger partial charge on any atom is 2.00 e. The Hall–Kier alpha value is -3.09. The van der Waals surface area contributed by atoms with Gasteiger partial charge in [-0.3, -0.25) is 9.59 Å². The van der Waals surface area contributed by atoms with Crippen molar-refractivity contribution in [2.45, 2.75) is 70.9 Å². The van der Waals surface area contributed by atoms with E-state index in [4.69, 9.17) is 18.9 Å². The Balaban J connectivity index is 0.000000271. The molecule has 2 aromatic rings. The molecule has 1 atom stereocenters. The molecule has 0 spiro atoms. The molecule has 2 aliphatic heterocycles. The van der Waals surface area contributed by atoms with Crippen molar-refractivity contribution in [2.75, 3.05) is 0 Å². The molecular weight excluding hydrogens is 649 g/mol. The zero-order chi connectivity index (χ0) is 30.7. The number of phenolic OH excluding ortho intramolecular Hbond substituents is 2. The molecule has 2 N–H and O–H groups in total. The number of phenols is 2. The molecule has 2 heterocycles. The summed E-state index contributed by atoms with van der Waals surface area (Å²) >= 11 is 0. The smallest absolute Gasteiger partial charge is 1.00 e. The fraction of sp³-hybridized carbons (Fsp3) is 0.406. The van der Waals surface area contributed by atoms with Gasteiger partial charge < -0.3 is 52.6 Å². The van der Waals surface area contributed by atoms with Crippen LogP contribution in [-0.4, -0.2) is 68.7 Å². The summed E-state index contributed by atoms with van der Waals surface area (Å²) in [5.41, 5.74) is 1.09. The van der Waals surface area contributed by atoms with Gasteiger partial charge in [0.15, 0.2) is 5.92 Å². The summed E-state index contributed by atoms with van der Waals surface area (Å²) < 4.78 is 20.3. The quantitative estimate of drug-likeness (QED) is 0.122. The van der Waals surface area contributed by atoms with Gasteiger partial charge in [0.2, 0.25) is 0 Å². The SMILES string of the molecule is CC1(C)OC(=O)C(=Cc2cccc(O)c2)C(=O)O1.CC1(C)OC(=O)C(C(c2cccc(O)c2)C2CC2)C(=O)O1.[Br-].[CH-]1CC1.[Mg+2]. The van der Waals surface area contributed by atoms with Crippen LogP contribution in [0.5, 0.6) is 11.5 Å². The number of benzene rings is 2. The predicted molar refractivity (Wildman–Crippen MR) is 155 cm³/mol. The van der Waals surface area contributed by atoms with Crippen LogP contribution in [0.15, 0.2) is 54.1 Å². The fourth-order valence-corrected chi connectivity index (χ4v) is 4.51. The number of halogens is 1. The monoisotopic (exact) mass is 682 g/mol. The van der Waals surface area contributed by atoms with Crippen molar-refractivity contribution in [3.8, 4) is 11.5 Å². The number of carbonyl (C=O) groups is 4. The van der Waals surface area contributed by atoms with Gasteiger partial charge in [0.1, 0.15) is 17.1 Å². The van der Waals surface area contributed by atoms with E-state index in [1.54, 1.807) is 44.2 Å². The summed E-state index contributed by atoms with van der Waals surface area (Å²) in [7, 11) is 0. The molecule has 2 saturated carbocycles. The van der Waals surface area contributed by atoms with Gasteiger partial charge in [-0.15, -0.1) is 0 Å². The maximum atomic E-state index is 12.3. The van der Waals surface area contributed by atoms with Gasteiger partial charge in [-0.1, -0.05) is 24.3 Å². The summed E-state index contributed by atoms with van der Waals surface area (Å²) in [6.07, 6.45) is 8.24. The molecule has 0 bridgehead atoms. The molecule has 1 unspecified atom stereocenters. The molecule has 0 radical (unpaired) electrons. The number of esters is 4. The molecule has 12 heteroatoms. The average molecular weight is 684 g/mol. The summed E-state index contributed by atoms with van der Waals surface area (Å²) in [5.74, 6) is -5.86. The van der Waals surface area contributed by atoms with E-state index in [1.807, 2.05) is 6.07 Å². The van der Waals surface area contributed by atoms with Gasteiger partial charge in [0.25, 0.3) is 11.6 Å². The number of cyclic esters (lactones) is 4. The molecular formula is C32H35BrMgO10. The number of ether oxygens (including phenoxy) is 4. The van der Waals surface area contributed by atoms with Crippen molar-refractivity contribution >= 4 is 53.0 Å². The van der Waals surface area contributed by atoms with E-state index in [2.05, 4.69) is 6.42 Å². The summed E-state index contributed by atoms with van der Waals surface area (Å²) in [6, 6.07) is 12.9. The van der Waals surface area contributed by atoms with Crippen LogP contribution in [-0.2, 0) is 38.1 Å². The minimum Gasteiger partial charge on any atom is -1.00 e. The first-order valence-electron chi connectivity index (χ1n) is 13.8. The van der Waals surface area contributed by atoms with Crippen LogP contribution in [0.2, 0.25) is 0 Å². The van der Waals surface area contributed by atoms with Gasteiger partial charge in [-0.25, -0.2) is 22.4 Å². The second kappa shape index (κ2) is 15.3. The van der Waals surface area contributed by atoms with E-state index >= 15 is 0 Å². The van der Waals surface area contributed by atoms with Crippen LogP contribution < -0.4 is 17.0 Å². The number of hydrogen-bond donors (Lipinski definition) is 2. The predicted octanol–water partition coefficient (Wildman–Crippen LogP) is 1.56. The van der Waals surface area contributed by atoms with Gasteiger partial charge in [-0.05, 0) is 60.2 Å². The summed E-state index contributed by atoms with van der Waals surface area (Å²) in [5, 5.41) is 18.9. The van der Waals surface area contributed by atoms with Gasteiger partial charge in [0, 0.05) is 33.6 Å². The van der Waals surface area contributed by atoms with Crippen LogP contribution in [0.3, 0.4) is 0 Å². The van der Waals surface area contributed by atoms with E-state index in [0.29, 0.717) is 5.56 Å². The summed E-state index contributed by atoms with van der Waals surface area (Å²) in [6.45, 7) is 6.04. The van der Waals surface area contributed by atoms with E-state index < -0.39 is 41.4 Å². The fourth-order valence-electron chi connectivity index (χ4n) is 4.51. The van der Waals surface area contributed by atoms with Crippen molar-refractivity contribution in [1.82, 2.24) is 0 Å². The Bertz CT molecular complexity index is 1350. The van der Waals surface area contributed by atoms with Gasteiger partial charge in [0.05, 0.1) is 0 Å². The Morgan fingerprint density at radius 3 is 1.73 bits per heavy atom. The molecule has 4 fully saturated rings. The topological polar surface area (TPSA) is 146 Å². The third-order valence-electron chi connectivity index (χ3n) is 6.53. The molecule has 0 amide bonds. The Morgan fingerprint density at radius 1 is 0.795 bits per heavy atom. The third-order valence-corrected chi connectivity index (χ3v) is 6.53. The molecule has 2 saturated heterocycles. The number of hydrogen-bond acceptors (Lipinski definition) is 10. The standard InChI is InChI=1S/C16H18O5.C13H12O5.C3H5.BrH.Mg/c1-16(2)20-14(18)13(15(19)21-16)12(9-6-7-9)10-4-3-5-11(17)8-10;1-13(2)17-11(15)10(12(16)18-13)7-8-4-3-5-9(14)6-8;1-2-3-1;;/h3-5,8-9,12-13,17H,6-7H2,1-2H3;3-7,14H,1-2H3;1H,2-3H2;1H;/q;;-1;;+2/p-1. The Morgan fingerprint density at radius 2 is 1.27 bits per heavy atom. The Labute approximate surface area is 283 Å². The minimum atomic E-state index is -1.25.